The molecule has 1 amide bonds. The van der Waals surface area contributed by atoms with E-state index in [4.69, 9.17) is 4.74 Å². The Kier molecular flexibility index (Phi) is 5.14. The van der Waals surface area contributed by atoms with Crippen LogP contribution in [0.3, 0.4) is 0 Å². The highest BCUT2D eigenvalue weighted by Gasteiger charge is 2.30. The van der Waals surface area contributed by atoms with Gasteiger partial charge >= 0.3 is 0 Å². The third-order valence-electron chi connectivity index (χ3n) is 4.15. The second-order valence-electron chi connectivity index (χ2n) is 6.01. The summed E-state index contributed by atoms with van der Waals surface area (Å²) in [6.45, 7) is -0.694. The fourth-order valence-corrected chi connectivity index (χ4v) is 3.58. The van der Waals surface area contributed by atoms with Crippen LogP contribution in [0, 0.1) is 23.3 Å². The van der Waals surface area contributed by atoms with Gasteiger partial charge in [-0.15, -0.1) is 10.2 Å². The van der Waals surface area contributed by atoms with Crippen molar-refractivity contribution in [3.05, 3.63) is 71.1 Å². The fourth-order valence-electron chi connectivity index (χ4n) is 2.76. The predicted molar refractivity (Wildman–Crippen MR) is 94.7 cm³/mol. The van der Waals surface area contributed by atoms with Gasteiger partial charge in [0.05, 0.1) is 12.3 Å². The smallest absolute Gasteiger partial charge is 0.252 e. The maximum absolute atomic E-state index is 14.1. The second-order valence-corrected chi connectivity index (χ2v) is 6.96. The van der Waals surface area contributed by atoms with Crippen LogP contribution in [0.5, 0.6) is 5.75 Å². The van der Waals surface area contributed by atoms with Gasteiger partial charge in [-0.25, -0.2) is 27.2 Å². The molecule has 29 heavy (non-hydrogen) atoms. The lowest BCUT2D eigenvalue weighted by atomic mass is 10.2. The van der Waals surface area contributed by atoms with E-state index in [9.17, 15) is 22.4 Å². The van der Waals surface area contributed by atoms with Crippen LogP contribution in [-0.4, -0.2) is 26.5 Å². The number of carbonyl (C=O) groups is 1. The minimum Gasteiger partial charge on any atom is -0.482 e. The van der Waals surface area contributed by atoms with Gasteiger partial charge in [0.2, 0.25) is 5.16 Å². The molecular formula is C18H12F4N4O2S. The Bertz CT molecular complexity index is 1070. The zero-order valence-electron chi connectivity index (χ0n) is 14.6. The predicted octanol–water partition coefficient (Wildman–Crippen LogP) is 3.18. The number of aromatic nitrogens is 3. The number of hydrogen-bond donors (Lipinski definition) is 0. The number of nitrogens with zero attached hydrogens (tertiary/aromatic N) is 4. The molecule has 0 spiro atoms. The standard InChI is InChI=1S/C18H12F4N4O2S/c19-10-4-5-15(14(22)6-10)28-8-16-23-24-18-26(16)25(17(27)9-29-18)7-11-12(20)2-1-3-13(11)21/h1-6H,7-9H2. The Hall–Kier alpha value is -3.08. The summed E-state index contributed by atoms with van der Waals surface area (Å²) in [5.74, 6) is -3.75. The summed E-state index contributed by atoms with van der Waals surface area (Å²) >= 11 is 1.10. The van der Waals surface area contributed by atoms with Crippen LogP contribution < -0.4 is 9.75 Å². The minimum absolute atomic E-state index is 0.0155. The van der Waals surface area contributed by atoms with E-state index in [0.29, 0.717) is 11.2 Å². The summed E-state index contributed by atoms with van der Waals surface area (Å²) < 4.78 is 61.5. The Labute approximate surface area is 166 Å². The molecule has 0 saturated heterocycles. The third-order valence-corrected chi connectivity index (χ3v) is 5.06. The number of rotatable bonds is 5. The van der Waals surface area contributed by atoms with Gasteiger partial charge in [0.25, 0.3) is 5.91 Å². The Morgan fingerprint density at radius 2 is 1.79 bits per heavy atom. The molecule has 11 heteroatoms. The first-order valence-corrected chi connectivity index (χ1v) is 9.31. The largest absolute Gasteiger partial charge is 0.482 e. The van der Waals surface area contributed by atoms with Crippen molar-refractivity contribution >= 4 is 17.7 Å². The summed E-state index contributed by atoms with van der Waals surface area (Å²) in [5, 5.41) is 9.28. The Morgan fingerprint density at radius 1 is 1.03 bits per heavy atom. The van der Waals surface area contributed by atoms with Gasteiger partial charge in [0.15, 0.2) is 17.4 Å². The van der Waals surface area contributed by atoms with Crippen molar-refractivity contribution in [3.63, 3.8) is 0 Å². The molecule has 3 aromatic rings. The molecule has 0 radical (unpaired) electrons. The van der Waals surface area contributed by atoms with Crippen LogP contribution in [-0.2, 0) is 17.9 Å². The van der Waals surface area contributed by atoms with Crippen molar-refractivity contribution in [1.82, 2.24) is 14.9 Å². The summed E-state index contributed by atoms with van der Waals surface area (Å²) in [7, 11) is 0. The highest BCUT2D eigenvalue weighted by atomic mass is 32.2. The van der Waals surface area contributed by atoms with Crippen molar-refractivity contribution in [2.45, 2.75) is 18.3 Å². The van der Waals surface area contributed by atoms with Crippen LogP contribution in [0.25, 0.3) is 0 Å². The van der Waals surface area contributed by atoms with E-state index >= 15 is 0 Å². The van der Waals surface area contributed by atoms with E-state index in [1.807, 2.05) is 0 Å². The monoisotopic (exact) mass is 424 g/mol. The first-order chi connectivity index (χ1) is 13.9. The van der Waals surface area contributed by atoms with E-state index in [1.54, 1.807) is 0 Å². The molecule has 2 heterocycles. The van der Waals surface area contributed by atoms with Gasteiger partial charge in [0.1, 0.15) is 24.1 Å². The molecule has 1 aliphatic heterocycles. The highest BCUT2D eigenvalue weighted by Crippen LogP contribution is 2.26. The number of amides is 1. The lowest BCUT2D eigenvalue weighted by Crippen LogP contribution is -2.45. The maximum atomic E-state index is 14.1. The molecule has 0 fully saturated rings. The van der Waals surface area contributed by atoms with Gasteiger partial charge in [0, 0.05) is 11.6 Å². The molecule has 0 aliphatic carbocycles. The quantitative estimate of drug-likeness (QED) is 0.589. The van der Waals surface area contributed by atoms with Crippen LogP contribution in [0.15, 0.2) is 41.6 Å². The summed E-state index contributed by atoms with van der Waals surface area (Å²) in [6.07, 6.45) is 0. The highest BCUT2D eigenvalue weighted by molar-refractivity contribution is 7.99. The molecule has 0 saturated carbocycles. The summed E-state index contributed by atoms with van der Waals surface area (Å²) in [4.78, 5) is 12.4. The van der Waals surface area contributed by atoms with Crippen molar-refractivity contribution in [2.75, 3.05) is 10.8 Å². The third kappa shape index (κ3) is 3.77. The number of benzene rings is 2. The molecule has 0 bridgehead atoms. The molecule has 150 valence electrons. The second kappa shape index (κ2) is 7.74. The van der Waals surface area contributed by atoms with E-state index in [0.717, 1.165) is 41.0 Å². The van der Waals surface area contributed by atoms with Gasteiger partial charge in [-0.05, 0) is 24.3 Å². The molecule has 0 atom stereocenters. The van der Waals surface area contributed by atoms with E-state index in [1.165, 1.54) is 10.7 Å². The molecule has 0 N–H and O–H groups in total. The molecule has 0 unspecified atom stereocenters. The average Bonchev–Trinajstić information content (AvgIpc) is 3.09. The zero-order chi connectivity index (χ0) is 20.5. The molecule has 1 aliphatic rings. The minimum atomic E-state index is -0.904. The van der Waals surface area contributed by atoms with Gasteiger partial charge in [-0.1, -0.05) is 17.8 Å². The number of fused-ring (bicyclic) bond motifs is 1. The van der Waals surface area contributed by atoms with Crippen LogP contribution in [0.2, 0.25) is 0 Å². The fraction of sp³-hybridized carbons (Fsp3) is 0.167. The molecular weight excluding hydrogens is 412 g/mol. The molecule has 6 nitrogen and oxygen atoms in total. The summed E-state index contributed by atoms with van der Waals surface area (Å²) in [5.41, 5.74) is -0.288. The van der Waals surface area contributed by atoms with Crippen LogP contribution in [0.1, 0.15) is 11.4 Å². The zero-order valence-corrected chi connectivity index (χ0v) is 15.4. The Morgan fingerprint density at radius 3 is 2.52 bits per heavy atom. The first-order valence-electron chi connectivity index (χ1n) is 8.32. The van der Waals surface area contributed by atoms with Crippen molar-refractivity contribution in [2.24, 2.45) is 0 Å². The Balaban J connectivity index is 1.63. The average molecular weight is 424 g/mol. The number of thioether (sulfide) groups is 1. The first kappa shape index (κ1) is 19.2. The maximum Gasteiger partial charge on any atom is 0.252 e. The lowest BCUT2D eigenvalue weighted by Gasteiger charge is -2.29. The molecule has 2 aromatic carbocycles. The SMILES string of the molecule is O=C1CSc2nnc(COc3ccc(F)cc3F)n2N1Cc1c(F)cccc1F. The molecule has 1 aromatic heterocycles. The van der Waals surface area contributed by atoms with Crippen LogP contribution in [0.4, 0.5) is 17.6 Å². The van der Waals surface area contributed by atoms with E-state index < -0.39 is 29.2 Å². The lowest BCUT2D eigenvalue weighted by molar-refractivity contribution is -0.118. The topological polar surface area (TPSA) is 60.2 Å². The number of carbonyl (C=O) groups excluding carboxylic acids is 1. The van der Waals surface area contributed by atoms with Crippen molar-refractivity contribution < 1.29 is 27.1 Å². The summed E-state index contributed by atoms with van der Waals surface area (Å²) in [6, 6.07) is 6.23. The van der Waals surface area contributed by atoms with E-state index in [2.05, 4.69) is 10.2 Å². The van der Waals surface area contributed by atoms with Gasteiger partial charge in [-0.3, -0.25) is 4.79 Å². The molecule has 4 rings (SSSR count). The van der Waals surface area contributed by atoms with Crippen molar-refractivity contribution in [3.8, 4) is 5.75 Å². The number of halogens is 4. The normalized spacial score (nSPS) is 13.5. The number of hydrogen-bond acceptors (Lipinski definition) is 5. The number of ether oxygens (including phenoxy) is 1. The van der Waals surface area contributed by atoms with E-state index in [-0.39, 0.29) is 36.0 Å². The van der Waals surface area contributed by atoms with Crippen LogP contribution >= 0.6 is 11.8 Å². The van der Waals surface area contributed by atoms with Gasteiger partial charge < -0.3 is 4.74 Å². The van der Waals surface area contributed by atoms with Gasteiger partial charge in [-0.2, -0.15) is 0 Å². The van der Waals surface area contributed by atoms with Crippen molar-refractivity contribution in [1.29, 1.82) is 0 Å².